The number of benzene rings is 1. The van der Waals surface area contributed by atoms with E-state index in [1.165, 1.54) is 0 Å². The van der Waals surface area contributed by atoms with Crippen LogP contribution in [0.1, 0.15) is 31.1 Å². The summed E-state index contributed by atoms with van der Waals surface area (Å²) < 4.78 is 5.35. The molecule has 0 aliphatic heterocycles. The highest BCUT2D eigenvalue weighted by Gasteiger charge is 2.18. The highest BCUT2D eigenvalue weighted by molar-refractivity contribution is 6.33. The molecule has 0 radical (unpaired) electrons. The van der Waals surface area contributed by atoms with Crippen LogP contribution in [0.3, 0.4) is 0 Å². The van der Waals surface area contributed by atoms with E-state index in [0.29, 0.717) is 16.3 Å². The van der Waals surface area contributed by atoms with Crippen LogP contribution < -0.4 is 0 Å². The summed E-state index contributed by atoms with van der Waals surface area (Å²) in [6.45, 7) is 5.51. The lowest BCUT2D eigenvalue weighted by Gasteiger charge is -2.19. The van der Waals surface area contributed by atoms with Crippen molar-refractivity contribution in [3.63, 3.8) is 0 Å². The number of pyridine rings is 1. The fourth-order valence-electron chi connectivity index (χ4n) is 1.73. The summed E-state index contributed by atoms with van der Waals surface area (Å²) in [5, 5.41) is 0.550. The Morgan fingerprint density at radius 3 is 2.60 bits per heavy atom. The van der Waals surface area contributed by atoms with Crippen molar-refractivity contribution in [2.75, 3.05) is 0 Å². The van der Waals surface area contributed by atoms with Crippen molar-refractivity contribution in [1.82, 2.24) is 4.98 Å². The topological polar surface area (TPSA) is 39.2 Å². The van der Waals surface area contributed by atoms with Gasteiger partial charge in [0.2, 0.25) is 0 Å². The second-order valence-corrected chi connectivity index (χ2v) is 5.82. The van der Waals surface area contributed by atoms with Gasteiger partial charge >= 0.3 is 5.97 Å². The second kappa shape index (κ2) is 5.63. The fraction of sp³-hybridized carbons (Fsp3) is 0.250. The molecular formula is C16H16ClNO2. The van der Waals surface area contributed by atoms with E-state index in [9.17, 15) is 4.79 Å². The maximum atomic E-state index is 12.1. The number of carbonyl (C=O) groups excluding carboxylic acids is 1. The molecule has 0 fully saturated rings. The van der Waals surface area contributed by atoms with E-state index in [4.69, 9.17) is 16.3 Å². The Bertz CT molecular complexity index is 632. The Morgan fingerprint density at radius 2 is 1.95 bits per heavy atom. The number of halogens is 1. The molecule has 0 atom stereocenters. The standard InChI is InChI=1S/C16H16ClNO2/c1-16(2,3)20-15(19)12-7-4-6-11(10-12)14-13(17)8-5-9-18-14/h4-10H,1-3H3. The lowest BCUT2D eigenvalue weighted by Crippen LogP contribution is -2.23. The molecule has 0 unspecified atom stereocenters. The first-order valence-electron chi connectivity index (χ1n) is 6.31. The minimum atomic E-state index is -0.518. The van der Waals surface area contributed by atoms with Gasteiger partial charge in [0.05, 0.1) is 16.3 Å². The Labute approximate surface area is 123 Å². The van der Waals surface area contributed by atoms with Gasteiger partial charge < -0.3 is 4.74 Å². The Balaban J connectivity index is 2.34. The number of hydrogen-bond acceptors (Lipinski definition) is 3. The smallest absolute Gasteiger partial charge is 0.338 e. The Kier molecular flexibility index (Phi) is 4.09. The molecule has 0 saturated carbocycles. The van der Waals surface area contributed by atoms with Crippen LogP contribution in [0.15, 0.2) is 42.6 Å². The number of rotatable bonds is 2. The number of nitrogens with zero attached hydrogens (tertiary/aromatic N) is 1. The van der Waals surface area contributed by atoms with Gasteiger partial charge in [0.25, 0.3) is 0 Å². The molecular weight excluding hydrogens is 274 g/mol. The third-order valence-corrected chi connectivity index (χ3v) is 2.83. The number of esters is 1. The van der Waals surface area contributed by atoms with Crippen LogP contribution in [0.25, 0.3) is 11.3 Å². The van der Waals surface area contributed by atoms with E-state index in [1.54, 1.807) is 36.5 Å². The first-order valence-corrected chi connectivity index (χ1v) is 6.69. The predicted molar refractivity (Wildman–Crippen MR) is 79.9 cm³/mol. The SMILES string of the molecule is CC(C)(C)OC(=O)c1cccc(-c2ncccc2Cl)c1. The average molecular weight is 290 g/mol. The number of ether oxygens (including phenoxy) is 1. The first kappa shape index (κ1) is 14.5. The summed E-state index contributed by atoms with van der Waals surface area (Å²) in [6.07, 6.45) is 1.67. The molecule has 1 heterocycles. The van der Waals surface area contributed by atoms with Crippen molar-refractivity contribution in [1.29, 1.82) is 0 Å². The normalized spacial score (nSPS) is 11.2. The van der Waals surface area contributed by atoms with Crippen LogP contribution in [-0.4, -0.2) is 16.6 Å². The van der Waals surface area contributed by atoms with Crippen molar-refractivity contribution in [2.24, 2.45) is 0 Å². The zero-order valence-electron chi connectivity index (χ0n) is 11.7. The molecule has 0 spiro atoms. The van der Waals surface area contributed by atoms with Gasteiger partial charge in [0, 0.05) is 11.8 Å². The van der Waals surface area contributed by atoms with E-state index in [1.807, 2.05) is 26.8 Å². The van der Waals surface area contributed by atoms with Crippen molar-refractivity contribution in [3.05, 3.63) is 53.2 Å². The predicted octanol–water partition coefficient (Wildman–Crippen LogP) is 4.36. The van der Waals surface area contributed by atoms with Gasteiger partial charge in [-0.3, -0.25) is 4.98 Å². The molecule has 1 aromatic carbocycles. The number of carbonyl (C=O) groups is 1. The summed E-state index contributed by atoms with van der Waals surface area (Å²) in [6, 6.07) is 10.6. The highest BCUT2D eigenvalue weighted by Crippen LogP contribution is 2.26. The third kappa shape index (κ3) is 3.58. The monoisotopic (exact) mass is 289 g/mol. The summed E-state index contributed by atoms with van der Waals surface area (Å²) in [4.78, 5) is 16.3. The Hall–Kier alpha value is -1.87. The molecule has 0 aliphatic carbocycles. The Morgan fingerprint density at radius 1 is 1.20 bits per heavy atom. The molecule has 104 valence electrons. The van der Waals surface area contributed by atoms with Gasteiger partial charge in [-0.2, -0.15) is 0 Å². The lowest BCUT2D eigenvalue weighted by molar-refractivity contribution is 0.00696. The van der Waals surface area contributed by atoms with Crippen LogP contribution in [0.2, 0.25) is 5.02 Å². The lowest BCUT2D eigenvalue weighted by atomic mass is 10.1. The van der Waals surface area contributed by atoms with E-state index in [0.717, 1.165) is 5.56 Å². The summed E-state index contributed by atoms with van der Waals surface area (Å²) in [5.41, 5.74) is 1.41. The van der Waals surface area contributed by atoms with E-state index >= 15 is 0 Å². The second-order valence-electron chi connectivity index (χ2n) is 5.42. The molecule has 2 aromatic rings. The number of hydrogen-bond donors (Lipinski definition) is 0. The minimum Gasteiger partial charge on any atom is -0.456 e. The highest BCUT2D eigenvalue weighted by atomic mass is 35.5. The average Bonchev–Trinajstić information content (AvgIpc) is 2.37. The molecule has 0 aliphatic rings. The van der Waals surface area contributed by atoms with Gasteiger partial charge in [-0.1, -0.05) is 23.7 Å². The van der Waals surface area contributed by atoms with Crippen LogP contribution in [0, 0.1) is 0 Å². The summed E-state index contributed by atoms with van der Waals surface area (Å²) >= 11 is 6.12. The quantitative estimate of drug-likeness (QED) is 0.771. The van der Waals surface area contributed by atoms with Gasteiger partial charge in [-0.25, -0.2) is 4.79 Å². The van der Waals surface area contributed by atoms with Crippen molar-refractivity contribution in [2.45, 2.75) is 26.4 Å². The van der Waals surface area contributed by atoms with Gasteiger partial charge in [0.15, 0.2) is 0 Å². The first-order chi connectivity index (χ1) is 9.37. The van der Waals surface area contributed by atoms with Crippen LogP contribution in [-0.2, 0) is 4.74 Å². The van der Waals surface area contributed by atoms with Crippen LogP contribution >= 0.6 is 11.6 Å². The van der Waals surface area contributed by atoms with Crippen molar-refractivity contribution < 1.29 is 9.53 Å². The summed E-state index contributed by atoms with van der Waals surface area (Å²) in [7, 11) is 0. The van der Waals surface area contributed by atoms with E-state index < -0.39 is 5.60 Å². The van der Waals surface area contributed by atoms with Crippen molar-refractivity contribution in [3.8, 4) is 11.3 Å². The third-order valence-electron chi connectivity index (χ3n) is 2.53. The number of aromatic nitrogens is 1. The zero-order chi connectivity index (χ0) is 14.8. The van der Waals surface area contributed by atoms with Crippen molar-refractivity contribution >= 4 is 17.6 Å². The molecule has 0 amide bonds. The molecule has 1 aromatic heterocycles. The van der Waals surface area contributed by atoms with Gasteiger partial charge in [-0.15, -0.1) is 0 Å². The van der Waals surface area contributed by atoms with Gasteiger partial charge in [-0.05, 0) is 45.0 Å². The van der Waals surface area contributed by atoms with Crippen LogP contribution in [0.4, 0.5) is 0 Å². The molecule has 0 saturated heterocycles. The molecule has 20 heavy (non-hydrogen) atoms. The largest absolute Gasteiger partial charge is 0.456 e. The van der Waals surface area contributed by atoms with Gasteiger partial charge in [0.1, 0.15) is 5.60 Å². The van der Waals surface area contributed by atoms with Crippen LogP contribution in [0.5, 0.6) is 0 Å². The maximum Gasteiger partial charge on any atom is 0.338 e. The molecule has 2 rings (SSSR count). The van der Waals surface area contributed by atoms with E-state index in [2.05, 4.69) is 4.98 Å². The molecule has 4 heteroatoms. The maximum absolute atomic E-state index is 12.1. The minimum absolute atomic E-state index is 0.355. The molecule has 0 N–H and O–H groups in total. The zero-order valence-corrected chi connectivity index (χ0v) is 12.4. The molecule has 0 bridgehead atoms. The summed E-state index contributed by atoms with van der Waals surface area (Å²) in [5.74, 6) is -0.355. The van der Waals surface area contributed by atoms with E-state index in [-0.39, 0.29) is 5.97 Å². The fourth-order valence-corrected chi connectivity index (χ4v) is 1.96. The molecule has 3 nitrogen and oxygen atoms in total.